The zero-order valence-electron chi connectivity index (χ0n) is 24.2. The summed E-state index contributed by atoms with van der Waals surface area (Å²) in [6.45, 7) is 0. The Hall–Kier alpha value is -5.60. The van der Waals surface area contributed by atoms with Crippen LogP contribution in [-0.4, -0.2) is 9.97 Å². The molecule has 7 aromatic carbocycles. The molecule has 0 atom stereocenters. The minimum absolute atomic E-state index is 0.752. The van der Waals surface area contributed by atoms with Crippen LogP contribution in [0.25, 0.3) is 82.0 Å². The quantitative estimate of drug-likeness (QED) is 0.159. The van der Waals surface area contributed by atoms with Gasteiger partial charge < -0.3 is 0 Å². The van der Waals surface area contributed by atoms with Crippen molar-refractivity contribution in [3.8, 4) is 22.5 Å². The fraction of sp³-hybridized carbons (Fsp3) is 0.0476. The molecule has 0 aliphatic heterocycles. The molecule has 0 radical (unpaired) electrons. The Morgan fingerprint density at radius 1 is 0.432 bits per heavy atom. The van der Waals surface area contributed by atoms with Crippen LogP contribution in [0.15, 0.2) is 146 Å². The first kappa shape index (κ1) is 24.9. The van der Waals surface area contributed by atoms with Crippen LogP contribution in [0.3, 0.4) is 0 Å². The molecule has 0 N–H and O–H groups in total. The monoisotopic (exact) mass is 560 g/mol. The third-order valence-corrected chi connectivity index (χ3v) is 9.22. The van der Waals surface area contributed by atoms with E-state index < -0.39 is 0 Å². The Kier molecular flexibility index (Phi) is 5.67. The lowest BCUT2D eigenvalue weighted by molar-refractivity contribution is 1.06. The highest BCUT2D eigenvalue weighted by Crippen LogP contribution is 2.43. The zero-order valence-corrected chi connectivity index (χ0v) is 24.2. The Bertz CT molecular complexity index is 2390. The minimum Gasteiger partial charge on any atom is -0.236 e. The maximum Gasteiger partial charge on any atom is 0.160 e. The molecule has 1 aliphatic carbocycles. The fourth-order valence-corrected chi connectivity index (χ4v) is 7.22. The van der Waals surface area contributed by atoms with Crippen molar-refractivity contribution in [3.63, 3.8) is 0 Å². The van der Waals surface area contributed by atoms with E-state index in [1.165, 1.54) is 65.0 Å². The summed E-state index contributed by atoms with van der Waals surface area (Å²) in [6.07, 6.45) is 12.8. The molecule has 2 nitrogen and oxygen atoms in total. The summed E-state index contributed by atoms with van der Waals surface area (Å²) in [5, 5.41) is 12.5. The molecule has 44 heavy (non-hydrogen) atoms. The molecule has 0 spiro atoms. The lowest BCUT2D eigenvalue weighted by Crippen LogP contribution is -1.97. The highest BCUT2D eigenvalue weighted by molar-refractivity contribution is 6.25. The van der Waals surface area contributed by atoms with Crippen LogP contribution >= 0.6 is 0 Å². The van der Waals surface area contributed by atoms with E-state index in [-0.39, 0.29) is 0 Å². The normalized spacial score (nSPS) is 13.3. The van der Waals surface area contributed by atoms with Crippen molar-refractivity contribution in [3.05, 3.63) is 151 Å². The molecule has 1 aromatic heterocycles. The van der Waals surface area contributed by atoms with Gasteiger partial charge in [0.15, 0.2) is 5.82 Å². The molecule has 206 valence electrons. The first-order valence-corrected chi connectivity index (χ1v) is 15.3. The van der Waals surface area contributed by atoms with Gasteiger partial charge in [-0.25, -0.2) is 9.97 Å². The molecule has 8 aromatic rings. The third-order valence-electron chi connectivity index (χ3n) is 9.22. The van der Waals surface area contributed by atoms with E-state index in [2.05, 4.69) is 133 Å². The van der Waals surface area contributed by atoms with Crippen molar-refractivity contribution < 1.29 is 0 Å². The van der Waals surface area contributed by atoms with Gasteiger partial charge in [0.1, 0.15) is 0 Å². The van der Waals surface area contributed by atoms with Crippen molar-refractivity contribution in [2.24, 2.45) is 0 Å². The molecule has 1 heterocycles. The highest BCUT2D eigenvalue weighted by Gasteiger charge is 2.19. The number of rotatable bonds is 3. The van der Waals surface area contributed by atoms with Gasteiger partial charge in [-0.05, 0) is 89.5 Å². The Balaban J connectivity index is 1.22. The smallest absolute Gasteiger partial charge is 0.160 e. The number of aromatic nitrogens is 2. The summed E-state index contributed by atoms with van der Waals surface area (Å²) in [6, 6.07) is 41.6. The van der Waals surface area contributed by atoms with E-state index in [0.29, 0.717) is 0 Å². The van der Waals surface area contributed by atoms with Gasteiger partial charge in [0.25, 0.3) is 0 Å². The maximum atomic E-state index is 5.02. The average Bonchev–Trinajstić information content (AvgIpc) is 3.11. The van der Waals surface area contributed by atoms with Crippen LogP contribution in [0.4, 0.5) is 0 Å². The standard InChI is InChI=1S/C42H28N2/c1-2-12-27(13-3-1)40-35-18-8-10-20-37(35)41(38-21-11-9-19-36(38)40)42-43-25-29(26-44-42)28-22-23-34-32-16-5-4-14-30(32)31-15-6-7-17-33(31)39(34)24-28/h1-2,4-12,14-26H,3,13H2. The molecular weight excluding hydrogens is 532 g/mol. The molecule has 1 aliphatic rings. The second-order valence-corrected chi connectivity index (χ2v) is 11.6. The summed E-state index contributed by atoms with van der Waals surface area (Å²) in [5.74, 6) is 0.752. The van der Waals surface area contributed by atoms with E-state index in [1.807, 2.05) is 12.4 Å². The predicted octanol–water partition coefficient (Wildman–Crippen LogP) is 11.3. The molecule has 9 rings (SSSR count). The van der Waals surface area contributed by atoms with Gasteiger partial charge in [-0.15, -0.1) is 0 Å². The predicted molar refractivity (Wildman–Crippen MR) is 187 cm³/mol. The maximum absolute atomic E-state index is 5.02. The topological polar surface area (TPSA) is 25.8 Å². The first-order valence-electron chi connectivity index (χ1n) is 15.3. The molecule has 0 fully saturated rings. The van der Waals surface area contributed by atoms with Crippen LogP contribution in [0.2, 0.25) is 0 Å². The third kappa shape index (κ3) is 3.81. The van der Waals surface area contributed by atoms with E-state index in [1.54, 1.807) is 0 Å². The molecule has 0 saturated carbocycles. The van der Waals surface area contributed by atoms with Crippen molar-refractivity contribution in [1.82, 2.24) is 9.97 Å². The second-order valence-electron chi connectivity index (χ2n) is 11.6. The van der Waals surface area contributed by atoms with Crippen molar-refractivity contribution in [2.45, 2.75) is 12.8 Å². The number of hydrogen-bond donors (Lipinski definition) is 0. The fourth-order valence-electron chi connectivity index (χ4n) is 7.22. The Labute approximate surface area is 255 Å². The van der Waals surface area contributed by atoms with E-state index in [4.69, 9.17) is 9.97 Å². The molecule has 0 amide bonds. The number of nitrogens with zero attached hydrogens (tertiary/aromatic N) is 2. The van der Waals surface area contributed by atoms with Crippen molar-refractivity contribution >= 4 is 59.4 Å². The van der Waals surface area contributed by atoms with Gasteiger partial charge in [0.2, 0.25) is 0 Å². The summed E-state index contributed by atoms with van der Waals surface area (Å²) in [4.78, 5) is 10.0. The summed E-state index contributed by atoms with van der Waals surface area (Å²) >= 11 is 0. The largest absolute Gasteiger partial charge is 0.236 e. The van der Waals surface area contributed by atoms with Crippen molar-refractivity contribution in [1.29, 1.82) is 0 Å². The van der Waals surface area contributed by atoms with Gasteiger partial charge in [0.05, 0.1) is 0 Å². The van der Waals surface area contributed by atoms with E-state index >= 15 is 0 Å². The number of allylic oxidation sites excluding steroid dienone is 4. The summed E-state index contributed by atoms with van der Waals surface area (Å²) in [5.41, 5.74) is 5.94. The molecular formula is C42H28N2. The van der Waals surface area contributed by atoms with Crippen LogP contribution in [0.5, 0.6) is 0 Å². The zero-order chi connectivity index (χ0) is 29.0. The molecule has 0 saturated heterocycles. The SMILES string of the molecule is C1=CCCC(c2c3ccccc3c(-c3ncc(-c4ccc5c6ccccc6c6ccccc6c5c4)cn3)c3ccccc23)=C1. The van der Waals surface area contributed by atoms with Crippen LogP contribution < -0.4 is 0 Å². The van der Waals surface area contributed by atoms with Crippen LogP contribution in [0, 0.1) is 0 Å². The van der Waals surface area contributed by atoms with Gasteiger partial charge in [-0.3, -0.25) is 0 Å². The Morgan fingerprint density at radius 2 is 0.909 bits per heavy atom. The molecule has 0 unspecified atom stereocenters. The Morgan fingerprint density at radius 3 is 1.43 bits per heavy atom. The van der Waals surface area contributed by atoms with Crippen LogP contribution in [0.1, 0.15) is 18.4 Å². The molecule has 0 bridgehead atoms. The summed E-state index contributed by atoms with van der Waals surface area (Å²) in [7, 11) is 0. The number of hydrogen-bond acceptors (Lipinski definition) is 2. The second kappa shape index (κ2) is 10.00. The lowest BCUT2D eigenvalue weighted by atomic mass is 9.85. The average molecular weight is 561 g/mol. The van der Waals surface area contributed by atoms with Crippen LogP contribution in [-0.2, 0) is 0 Å². The van der Waals surface area contributed by atoms with Gasteiger partial charge in [0, 0.05) is 23.5 Å². The van der Waals surface area contributed by atoms with Gasteiger partial charge in [-0.2, -0.15) is 0 Å². The lowest BCUT2D eigenvalue weighted by Gasteiger charge is -2.19. The number of benzene rings is 7. The van der Waals surface area contributed by atoms with Gasteiger partial charge in [-0.1, -0.05) is 127 Å². The molecule has 2 heteroatoms. The number of fused-ring (bicyclic) bond motifs is 8. The first-order chi connectivity index (χ1) is 21.8. The van der Waals surface area contributed by atoms with Crippen molar-refractivity contribution in [2.75, 3.05) is 0 Å². The minimum atomic E-state index is 0.752. The highest BCUT2D eigenvalue weighted by atomic mass is 14.9. The van der Waals surface area contributed by atoms with Gasteiger partial charge >= 0.3 is 0 Å². The van der Waals surface area contributed by atoms with E-state index in [0.717, 1.165) is 35.4 Å². The summed E-state index contributed by atoms with van der Waals surface area (Å²) < 4.78 is 0. The van der Waals surface area contributed by atoms with E-state index in [9.17, 15) is 0 Å².